The van der Waals surface area contributed by atoms with Gasteiger partial charge in [0.2, 0.25) is 11.8 Å². The Balaban J connectivity index is 2.16. The first-order valence-electron chi connectivity index (χ1n) is 17.0. The fourth-order valence-corrected chi connectivity index (χ4v) is 5.35. The lowest BCUT2D eigenvalue weighted by Crippen LogP contribution is -2.60. The van der Waals surface area contributed by atoms with Gasteiger partial charge in [-0.3, -0.25) is 9.59 Å². The second-order valence-corrected chi connectivity index (χ2v) is 15.0. The molecule has 0 spiro atoms. The van der Waals surface area contributed by atoms with E-state index in [9.17, 15) is 24.3 Å². The topological polar surface area (TPSA) is 134 Å². The summed E-state index contributed by atoms with van der Waals surface area (Å²) < 4.78 is 11.3. The molecule has 0 heterocycles. The van der Waals surface area contributed by atoms with Gasteiger partial charge < -0.3 is 30.1 Å². The highest BCUT2D eigenvalue weighted by molar-refractivity contribution is 5.94. The van der Waals surface area contributed by atoms with Crippen LogP contribution < -0.4 is 10.6 Å². The summed E-state index contributed by atoms with van der Waals surface area (Å²) in [5.41, 5.74) is -0.601. The summed E-state index contributed by atoms with van der Waals surface area (Å²) in [7, 11) is 0. The summed E-state index contributed by atoms with van der Waals surface area (Å²) in [5, 5.41) is 15.8. The van der Waals surface area contributed by atoms with E-state index in [4.69, 9.17) is 9.47 Å². The maximum atomic E-state index is 15.0. The molecular formula is C40H53N3O7. The molecule has 0 aliphatic carbocycles. The maximum Gasteiger partial charge on any atom is 0.408 e. The molecule has 0 saturated heterocycles. The Morgan fingerprint density at radius 3 is 1.62 bits per heavy atom. The van der Waals surface area contributed by atoms with Crippen LogP contribution in [0.2, 0.25) is 0 Å². The van der Waals surface area contributed by atoms with E-state index in [2.05, 4.69) is 10.6 Å². The molecule has 270 valence electrons. The molecule has 0 saturated carbocycles. The van der Waals surface area contributed by atoms with E-state index in [0.29, 0.717) is 12.0 Å². The number of benzene rings is 3. The second kappa shape index (κ2) is 16.7. The number of nitrogens with zero attached hydrogens (tertiary/aromatic N) is 1. The minimum absolute atomic E-state index is 0.0233. The number of ether oxygens (including phenoxy) is 2. The van der Waals surface area contributed by atoms with E-state index in [0.717, 1.165) is 11.1 Å². The number of phenolic OH excluding ortho intramolecular Hbond substituents is 1. The summed E-state index contributed by atoms with van der Waals surface area (Å²) in [5.74, 6) is -1.81. The molecular weight excluding hydrogens is 634 g/mol. The van der Waals surface area contributed by atoms with Crippen molar-refractivity contribution in [3.8, 4) is 5.75 Å². The van der Waals surface area contributed by atoms with Gasteiger partial charge >= 0.3 is 12.1 Å². The van der Waals surface area contributed by atoms with Gasteiger partial charge in [0.25, 0.3) is 0 Å². The van der Waals surface area contributed by atoms with Gasteiger partial charge in [-0.15, -0.1) is 0 Å². The minimum atomic E-state index is -1.28. The highest BCUT2D eigenvalue weighted by atomic mass is 16.6. The molecule has 3 unspecified atom stereocenters. The Bertz CT molecular complexity index is 1580. The molecule has 3 aromatic rings. The number of nitrogens with one attached hydrogen (secondary N) is 2. The van der Waals surface area contributed by atoms with Crippen LogP contribution in [0.3, 0.4) is 0 Å². The highest BCUT2D eigenvalue weighted by Crippen LogP contribution is 2.33. The largest absolute Gasteiger partial charge is 0.508 e. The zero-order valence-electron chi connectivity index (χ0n) is 30.8. The molecule has 3 aromatic carbocycles. The third kappa shape index (κ3) is 11.9. The summed E-state index contributed by atoms with van der Waals surface area (Å²) in [6.45, 7) is 16.0. The molecule has 10 heteroatoms. The van der Waals surface area contributed by atoms with Gasteiger partial charge in [-0.25, -0.2) is 9.59 Å². The predicted molar refractivity (Wildman–Crippen MR) is 193 cm³/mol. The first-order valence-corrected chi connectivity index (χ1v) is 17.0. The van der Waals surface area contributed by atoms with Crippen LogP contribution in [0.4, 0.5) is 4.79 Å². The van der Waals surface area contributed by atoms with Crippen molar-refractivity contribution in [3.63, 3.8) is 0 Å². The number of amides is 3. The molecule has 0 aliphatic rings. The molecule has 0 bridgehead atoms. The SMILES string of the molecule is CCC(C)(C)N(C(=O)C(Cc1ccccc1)NC(=O)OC(C)(C)C)C(C(=O)NC(Cc1ccccc1)C(=O)OC(C)(C)C)c1ccc(O)cc1. The quantitative estimate of drug-likeness (QED) is 0.171. The van der Waals surface area contributed by atoms with E-state index in [1.807, 2.05) is 81.4 Å². The lowest BCUT2D eigenvalue weighted by molar-refractivity contribution is -0.159. The summed E-state index contributed by atoms with van der Waals surface area (Å²) >= 11 is 0. The van der Waals surface area contributed by atoms with Crippen molar-refractivity contribution in [2.75, 3.05) is 0 Å². The molecule has 0 aliphatic heterocycles. The van der Waals surface area contributed by atoms with Gasteiger partial charge in [-0.1, -0.05) is 79.7 Å². The van der Waals surface area contributed by atoms with Crippen molar-refractivity contribution in [1.82, 2.24) is 15.5 Å². The molecule has 3 atom stereocenters. The van der Waals surface area contributed by atoms with Crippen LogP contribution in [0.5, 0.6) is 5.75 Å². The van der Waals surface area contributed by atoms with Crippen LogP contribution in [0.25, 0.3) is 0 Å². The van der Waals surface area contributed by atoms with Crippen molar-refractivity contribution in [1.29, 1.82) is 0 Å². The molecule has 0 aromatic heterocycles. The average Bonchev–Trinajstić information content (AvgIpc) is 3.02. The number of hydrogen-bond donors (Lipinski definition) is 3. The normalized spacial score (nSPS) is 13.7. The standard InChI is InChI=1S/C40H53N3O7/c1-10-40(8,9)43(35(46)31(25-27-17-13-11-14-18-27)42-37(48)50-39(5,6)7)33(29-21-23-30(44)24-22-29)34(45)41-32(36(47)49-38(2,3)4)26-28-19-15-12-16-20-28/h11-24,31-33,44H,10,25-26H2,1-9H3,(H,41,45)(H,42,48). The van der Waals surface area contributed by atoms with Crippen molar-refractivity contribution in [2.24, 2.45) is 0 Å². The van der Waals surface area contributed by atoms with E-state index < -0.39 is 58.7 Å². The monoisotopic (exact) mass is 687 g/mol. The highest BCUT2D eigenvalue weighted by Gasteiger charge is 2.44. The van der Waals surface area contributed by atoms with Crippen LogP contribution in [-0.4, -0.2) is 62.7 Å². The molecule has 3 N–H and O–H groups in total. The van der Waals surface area contributed by atoms with Crippen LogP contribution in [0.1, 0.15) is 91.5 Å². The Labute approximate surface area is 296 Å². The zero-order chi connectivity index (χ0) is 37.3. The smallest absolute Gasteiger partial charge is 0.408 e. The van der Waals surface area contributed by atoms with Crippen molar-refractivity contribution >= 4 is 23.9 Å². The van der Waals surface area contributed by atoms with Gasteiger partial charge in [-0.05, 0) is 90.6 Å². The summed E-state index contributed by atoms with van der Waals surface area (Å²) in [6, 6.07) is 21.0. The van der Waals surface area contributed by atoms with Crippen LogP contribution in [0.15, 0.2) is 84.9 Å². The average molecular weight is 688 g/mol. The van der Waals surface area contributed by atoms with Gasteiger partial charge in [0.15, 0.2) is 0 Å². The number of alkyl carbamates (subject to hydrolysis) is 1. The number of rotatable bonds is 13. The van der Waals surface area contributed by atoms with Crippen molar-refractivity contribution < 1.29 is 33.8 Å². The lowest BCUT2D eigenvalue weighted by Gasteiger charge is -2.45. The van der Waals surface area contributed by atoms with Gasteiger partial charge in [-0.2, -0.15) is 0 Å². The van der Waals surface area contributed by atoms with E-state index in [-0.39, 0.29) is 18.6 Å². The van der Waals surface area contributed by atoms with Crippen LogP contribution >= 0.6 is 0 Å². The fraction of sp³-hybridized carbons (Fsp3) is 0.450. The number of aromatic hydroxyl groups is 1. The Hall–Kier alpha value is -4.86. The molecule has 50 heavy (non-hydrogen) atoms. The van der Waals surface area contributed by atoms with Gasteiger partial charge in [0, 0.05) is 18.4 Å². The fourth-order valence-electron chi connectivity index (χ4n) is 5.35. The molecule has 3 rings (SSSR count). The third-order valence-corrected chi connectivity index (χ3v) is 8.03. The van der Waals surface area contributed by atoms with Crippen molar-refractivity contribution in [2.45, 2.75) is 116 Å². The Morgan fingerprint density at radius 1 is 0.680 bits per heavy atom. The third-order valence-electron chi connectivity index (χ3n) is 8.03. The van der Waals surface area contributed by atoms with Crippen LogP contribution in [-0.2, 0) is 36.7 Å². The number of carbonyl (C=O) groups is 4. The first kappa shape index (κ1) is 39.6. The van der Waals surface area contributed by atoms with Crippen LogP contribution in [0, 0.1) is 0 Å². The maximum absolute atomic E-state index is 15.0. The summed E-state index contributed by atoms with van der Waals surface area (Å²) in [6.07, 6.45) is -0.0798. The first-order chi connectivity index (χ1) is 23.3. The molecule has 0 radical (unpaired) electrons. The Morgan fingerprint density at radius 2 is 1.16 bits per heavy atom. The zero-order valence-corrected chi connectivity index (χ0v) is 30.8. The van der Waals surface area contributed by atoms with E-state index >= 15 is 0 Å². The Kier molecular flexibility index (Phi) is 13.2. The molecule has 0 fully saturated rings. The van der Waals surface area contributed by atoms with Gasteiger partial charge in [0.1, 0.15) is 35.1 Å². The molecule has 3 amide bonds. The number of esters is 1. The van der Waals surface area contributed by atoms with E-state index in [1.165, 1.54) is 17.0 Å². The van der Waals surface area contributed by atoms with Gasteiger partial charge in [0.05, 0.1) is 0 Å². The summed E-state index contributed by atoms with van der Waals surface area (Å²) in [4.78, 5) is 57.9. The number of hydrogen-bond acceptors (Lipinski definition) is 7. The van der Waals surface area contributed by atoms with E-state index in [1.54, 1.807) is 53.7 Å². The number of phenols is 1. The second-order valence-electron chi connectivity index (χ2n) is 15.0. The minimum Gasteiger partial charge on any atom is -0.508 e. The van der Waals surface area contributed by atoms with Crippen molar-refractivity contribution in [3.05, 3.63) is 102 Å². The predicted octanol–water partition coefficient (Wildman–Crippen LogP) is 6.66. The number of carbonyl (C=O) groups excluding carboxylic acids is 4. The lowest BCUT2D eigenvalue weighted by atomic mass is 9.91. The molecule has 10 nitrogen and oxygen atoms in total.